The first kappa shape index (κ1) is 28.5. The lowest BCUT2D eigenvalue weighted by atomic mass is 9.92. The van der Waals surface area contributed by atoms with E-state index in [4.69, 9.17) is 4.74 Å². The van der Waals surface area contributed by atoms with Crippen molar-refractivity contribution in [2.24, 2.45) is 0 Å². The molecule has 1 saturated heterocycles. The summed E-state index contributed by atoms with van der Waals surface area (Å²) in [4.78, 5) is 44.6. The van der Waals surface area contributed by atoms with E-state index in [9.17, 15) is 14.4 Å². The molecule has 9 nitrogen and oxygen atoms in total. The van der Waals surface area contributed by atoms with Gasteiger partial charge in [0.25, 0.3) is 0 Å². The Morgan fingerprint density at radius 3 is 2.35 bits per heavy atom. The van der Waals surface area contributed by atoms with E-state index < -0.39 is 12.0 Å². The first-order chi connectivity index (χ1) is 17.3. The van der Waals surface area contributed by atoms with Gasteiger partial charge in [0.05, 0.1) is 18.2 Å². The smallest absolute Gasteiger partial charge is 0.338 e. The maximum atomic E-state index is 13.3. The second-order valence-corrected chi connectivity index (χ2v) is 11.3. The standard InChI is InChI=1S/C28H43N5O4/c1-9-37-25(34)23-22(17-32-14-15-33(19(4)16-32)27(36)30-28(5,6)7)31(8)26(35)29-24(23)21-12-10-20(11-13-21)18(2)3/h10-13,18-19,24H,9,14-17H2,1-8H3,(H,29,35)(H,30,36)/t19-,24-/m0/s1. The number of rotatable bonds is 6. The van der Waals surface area contributed by atoms with E-state index in [0.717, 1.165) is 5.56 Å². The predicted molar refractivity (Wildman–Crippen MR) is 144 cm³/mol. The van der Waals surface area contributed by atoms with Crippen LogP contribution in [0.15, 0.2) is 35.5 Å². The van der Waals surface area contributed by atoms with Crippen molar-refractivity contribution in [3.63, 3.8) is 0 Å². The highest BCUT2D eigenvalue weighted by molar-refractivity contribution is 5.95. The summed E-state index contributed by atoms with van der Waals surface area (Å²) in [6, 6.07) is 7.05. The number of ether oxygens (including phenoxy) is 1. The average Bonchev–Trinajstić information content (AvgIpc) is 2.81. The first-order valence-electron chi connectivity index (χ1n) is 13.2. The van der Waals surface area contributed by atoms with Crippen molar-refractivity contribution in [3.05, 3.63) is 46.7 Å². The van der Waals surface area contributed by atoms with Crippen LogP contribution in [0.3, 0.4) is 0 Å². The van der Waals surface area contributed by atoms with Crippen LogP contribution < -0.4 is 10.6 Å². The topological polar surface area (TPSA) is 94.2 Å². The number of likely N-dealkylation sites (N-methyl/N-ethyl adjacent to an activating group) is 1. The monoisotopic (exact) mass is 513 g/mol. The van der Waals surface area contributed by atoms with Crippen molar-refractivity contribution in [2.75, 3.05) is 39.8 Å². The van der Waals surface area contributed by atoms with E-state index in [1.807, 2.05) is 56.9 Å². The van der Waals surface area contributed by atoms with E-state index >= 15 is 0 Å². The van der Waals surface area contributed by atoms with Crippen molar-refractivity contribution in [1.82, 2.24) is 25.3 Å². The van der Waals surface area contributed by atoms with Crippen molar-refractivity contribution >= 4 is 18.0 Å². The molecule has 3 rings (SSSR count). The molecule has 0 saturated carbocycles. The van der Waals surface area contributed by atoms with Crippen LogP contribution in [0.5, 0.6) is 0 Å². The number of esters is 1. The first-order valence-corrected chi connectivity index (χ1v) is 13.2. The molecule has 0 aliphatic carbocycles. The Bertz CT molecular complexity index is 1030. The Kier molecular flexibility index (Phi) is 8.89. The summed E-state index contributed by atoms with van der Waals surface area (Å²) >= 11 is 0. The van der Waals surface area contributed by atoms with E-state index in [1.54, 1.807) is 14.0 Å². The largest absolute Gasteiger partial charge is 0.463 e. The lowest BCUT2D eigenvalue weighted by Gasteiger charge is -2.43. The van der Waals surface area contributed by atoms with E-state index in [2.05, 4.69) is 29.4 Å². The minimum absolute atomic E-state index is 0.0233. The Balaban J connectivity index is 1.90. The molecule has 1 fully saturated rings. The van der Waals surface area contributed by atoms with Crippen LogP contribution in [0.25, 0.3) is 0 Å². The normalized spacial score (nSPS) is 21.3. The number of amides is 4. The van der Waals surface area contributed by atoms with Gasteiger partial charge in [-0.25, -0.2) is 14.4 Å². The average molecular weight is 514 g/mol. The van der Waals surface area contributed by atoms with Crippen LogP contribution in [-0.2, 0) is 9.53 Å². The number of piperazine rings is 1. The van der Waals surface area contributed by atoms with Crippen LogP contribution >= 0.6 is 0 Å². The van der Waals surface area contributed by atoms with Crippen LogP contribution in [0.4, 0.5) is 9.59 Å². The fourth-order valence-corrected chi connectivity index (χ4v) is 4.80. The zero-order valence-corrected chi connectivity index (χ0v) is 23.6. The summed E-state index contributed by atoms with van der Waals surface area (Å²) in [6.45, 7) is 16.4. The summed E-state index contributed by atoms with van der Waals surface area (Å²) < 4.78 is 5.46. The number of hydrogen-bond donors (Lipinski definition) is 2. The van der Waals surface area contributed by atoms with Crippen molar-refractivity contribution in [3.8, 4) is 0 Å². The molecule has 1 aromatic rings. The minimum atomic E-state index is -0.602. The Morgan fingerprint density at radius 1 is 1.16 bits per heavy atom. The van der Waals surface area contributed by atoms with Crippen molar-refractivity contribution < 1.29 is 19.1 Å². The van der Waals surface area contributed by atoms with Crippen LogP contribution in [0.1, 0.15) is 71.6 Å². The van der Waals surface area contributed by atoms with Gasteiger partial charge in [-0.05, 0) is 51.7 Å². The van der Waals surface area contributed by atoms with Gasteiger partial charge in [0.1, 0.15) is 0 Å². The number of carbonyl (C=O) groups excluding carboxylic acids is 3. The molecule has 204 valence electrons. The fourth-order valence-electron chi connectivity index (χ4n) is 4.80. The molecule has 2 heterocycles. The molecule has 2 N–H and O–H groups in total. The number of carbonyl (C=O) groups is 3. The maximum absolute atomic E-state index is 13.3. The summed E-state index contributed by atoms with van der Waals surface area (Å²) in [6.07, 6.45) is 0. The van der Waals surface area contributed by atoms with E-state index in [-0.39, 0.29) is 30.2 Å². The fraction of sp³-hybridized carbons (Fsp3) is 0.607. The molecule has 2 atom stereocenters. The highest BCUT2D eigenvalue weighted by atomic mass is 16.5. The van der Waals surface area contributed by atoms with Crippen molar-refractivity contribution in [2.45, 2.75) is 72.0 Å². The van der Waals surface area contributed by atoms with Gasteiger partial charge in [-0.1, -0.05) is 38.1 Å². The third-order valence-electron chi connectivity index (χ3n) is 6.84. The highest BCUT2D eigenvalue weighted by Crippen LogP contribution is 2.32. The number of nitrogens with one attached hydrogen (secondary N) is 2. The SMILES string of the molecule is CCOC(=O)C1=C(CN2CCN(C(=O)NC(C)(C)C)[C@@H](C)C2)N(C)C(=O)N[C@H]1c1ccc(C(C)C)cc1. The van der Waals surface area contributed by atoms with Gasteiger partial charge in [0, 0.05) is 50.5 Å². The van der Waals surface area contributed by atoms with E-state index in [0.29, 0.717) is 43.4 Å². The quantitative estimate of drug-likeness (QED) is 0.564. The lowest BCUT2D eigenvalue weighted by molar-refractivity contribution is -0.139. The minimum Gasteiger partial charge on any atom is -0.463 e. The molecule has 0 spiro atoms. The van der Waals surface area contributed by atoms with Crippen molar-refractivity contribution in [1.29, 1.82) is 0 Å². The molecule has 2 aliphatic heterocycles. The summed E-state index contributed by atoms with van der Waals surface area (Å²) in [5, 5.41) is 6.02. The molecular formula is C28H43N5O4. The molecule has 0 bridgehead atoms. The van der Waals surface area contributed by atoms with Gasteiger partial charge < -0.3 is 20.3 Å². The number of benzene rings is 1. The Labute approximate surface area is 221 Å². The summed E-state index contributed by atoms with van der Waals surface area (Å²) in [5.74, 6) is -0.0542. The molecule has 0 unspecified atom stereocenters. The third kappa shape index (κ3) is 6.83. The second kappa shape index (κ2) is 11.5. The highest BCUT2D eigenvalue weighted by Gasteiger charge is 2.38. The van der Waals surface area contributed by atoms with Gasteiger partial charge in [0.2, 0.25) is 0 Å². The Hall–Kier alpha value is -3.07. The van der Waals surface area contributed by atoms with Gasteiger partial charge >= 0.3 is 18.0 Å². The molecule has 4 amide bonds. The van der Waals surface area contributed by atoms with Crippen LogP contribution in [-0.4, -0.2) is 84.1 Å². The zero-order chi connectivity index (χ0) is 27.5. The molecule has 0 radical (unpaired) electrons. The maximum Gasteiger partial charge on any atom is 0.338 e. The second-order valence-electron chi connectivity index (χ2n) is 11.3. The summed E-state index contributed by atoms with van der Waals surface area (Å²) in [7, 11) is 1.68. The predicted octanol–water partition coefficient (Wildman–Crippen LogP) is 3.84. The Morgan fingerprint density at radius 2 is 1.81 bits per heavy atom. The molecule has 37 heavy (non-hydrogen) atoms. The molecule has 2 aliphatic rings. The van der Waals surface area contributed by atoms with E-state index in [1.165, 1.54) is 10.5 Å². The van der Waals surface area contributed by atoms with Gasteiger partial charge in [-0.15, -0.1) is 0 Å². The number of nitrogens with zero attached hydrogens (tertiary/aromatic N) is 3. The lowest BCUT2D eigenvalue weighted by Crippen LogP contribution is -2.59. The molecule has 1 aromatic carbocycles. The van der Waals surface area contributed by atoms with Gasteiger partial charge in [-0.2, -0.15) is 0 Å². The zero-order valence-electron chi connectivity index (χ0n) is 23.6. The van der Waals surface area contributed by atoms with Gasteiger partial charge in [-0.3, -0.25) is 9.80 Å². The summed E-state index contributed by atoms with van der Waals surface area (Å²) in [5.41, 5.74) is 2.78. The number of urea groups is 2. The molecular weight excluding hydrogens is 470 g/mol. The van der Waals surface area contributed by atoms with Gasteiger partial charge in [0.15, 0.2) is 0 Å². The van der Waals surface area contributed by atoms with Crippen LogP contribution in [0, 0.1) is 0 Å². The number of hydrogen-bond acceptors (Lipinski definition) is 5. The third-order valence-corrected chi connectivity index (χ3v) is 6.84. The van der Waals surface area contributed by atoms with Crippen LogP contribution in [0.2, 0.25) is 0 Å². The molecule has 0 aromatic heterocycles. The molecule has 9 heteroatoms.